The van der Waals surface area contributed by atoms with Crippen molar-refractivity contribution in [3.8, 4) is 10.6 Å². The summed E-state index contributed by atoms with van der Waals surface area (Å²) in [7, 11) is 0. The minimum Gasteiger partial charge on any atom is -0.261 e. The van der Waals surface area contributed by atoms with Gasteiger partial charge in [-0.2, -0.15) is 0 Å². The number of nitrogens with zero attached hydrogens (tertiary/aromatic N) is 3. The summed E-state index contributed by atoms with van der Waals surface area (Å²) in [4.78, 5) is 13.7. The predicted octanol–water partition coefficient (Wildman–Crippen LogP) is 2.75. The molecule has 0 spiro atoms. The molecule has 3 heterocycles. The molecule has 15 heavy (non-hydrogen) atoms. The van der Waals surface area contributed by atoms with Crippen molar-refractivity contribution in [3.63, 3.8) is 0 Å². The van der Waals surface area contributed by atoms with Crippen molar-refractivity contribution in [2.45, 2.75) is 0 Å². The maximum absolute atomic E-state index is 4.29. The van der Waals surface area contributed by atoms with E-state index in [2.05, 4.69) is 21.0 Å². The Morgan fingerprint density at radius 3 is 2.87 bits per heavy atom. The van der Waals surface area contributed by atoms with Crippen LogP contribution in [0.5, 0.6) is 0 Å². The molecule has 0 aliphatic heterocycles. The molecule has 3 rings (SSSR count). The molecular formula is C11H7N3S. The lowest BCUT2D eigenvalue weighted by Gasteiger charge is -1.91. The molecule has 0 saturated carbocycles. The van der Waals surface area contributed by atoms with Crippen molar-refractivity contribution < 1.29 is 0 Å². The van der Waals surface area contributed by atoms with Crippen molar-refractivity contribution in [1.29, 1.82) is 0 Å². The van der Waals surface area contributed by atoms with Gasteiger partial charge in [-0.3, -0.25) is 15.0 Å². The van der Waals surface area contributed by atoms with Crippen molar-refractivity contribution in [2.24, 2.45) is 0 Å². The smallest absolute Gasteiger partial charge is 0.0985 e. The zero-order valence-electron chi connectivity index (χ0n) is 7.79. The standard InChI is InChI=1S/C11H7N3S/c1-2-10-8(13-3-1)6-11(15-10)9-7-12-4-5-14-9/h1-7H. The van der Waals surface area contributed by atoms with E-state index in [1.165, 1.54) is 4.70 Å². The molecule has 3 nitrogen and oxygen atoms in total. The van der Waals surface area contributed by atoms with Crippen LogP contribution in [-0.2, 0) is 0 Å². The Morgan fingerprint density at radius 1 is 1.07 bits per heavy atom. The van der Waals surface area contributed by atoms with E-state index in [1.807, 2.05) is 12.1 Å². The number of hydrogen-bond donors (Lipinski definition) is 0. The summed E-state index contributed by atoms with van der Waals surface area (Å²) in [6, 6.07) is 6.05. The highest BCUT2D eigenvalue weighted by Gasteiger charge is 2.04. The number of rotatable bonds is 1. The Hall–Kier alpha value is -1.81. The molecule has 0 atom stereocenters. The van der Waals surface area contributed by atoms with Gasteiger partial charge in [0.05, 0.1) is 27.0 Å². The van der Waals surface area contributed by atoms with Gasteiger partial charge in [-0.25, -0.2) is 0 Å². The van der Waals surface area contributed by atoms with Gasteiger partial charge in [-0.1, -0.05) is 0 Å². The Morgan fingerprint density at radius 2 is 2.07 bits per heavy atom. The Kier molecular flexibility index (Phi) is 1.93. The third-order valence-corrected chi connectivity index (χ3v) is 3.22. The van der Waals surface area contributed by atoms with Gasteiger partial charge in [0, 0.05) is 18.6 Å². The highest BCUT2D eigenvalue weighted by atomic mass is 32.1. The Bertz CT molecular complexity index is 556. The van der Waals surface area contributed by atoms with E-state index >= 15 is 0 Å². The summed E-state index contributed by atoms with van der Waals surface area (Å²) in [5.74, 6) is 0. The quantitative estimate of drug-likeness (QED) is 0.624. The Balaban J connectivity index is 2.21. The van der Waals surface area contributed by atoms with Crippen molar-refractivity contribution in [2.75, 3.05) is 0 Å². The van der Waals surface area contributed by atoms with Gasteiger partial charge < -0.3 is 0 Å². The number of hydrogen-bond acceptors (Lipinski definition) is 4. The van der Waals surface area contributed by atoms with E-state index in [4.69, 9.17) is 0 Å². The molecule has 0 N–H and O–H groups in total. The van der Waals surface area contributed by atoms with Crippen LogP contribution in [0.1, 0.15) is 0 Å². The lowest BCUT2D eigenvalue weighted by Crippen LogP contribution is -1.79. The molecule has 0 unspecified atom stereocenters. The molecular weight excluding hydrogens is 206 g/mol. The van der Waals surface area contributed by atoms with E-state index in [9.17, 15) is 0 Å². The number of thiophene rings is 1. The second-order valence-electron chi connectivity index (χ2n) is 3.09. The maximum Gasteiger partial charge on any atom is 0.0985 e. The second kappa shape index (κ2) is 3.40. The van der Waals surface area contributed by atoms with E-state index in [-0.39, 0.29) is 0 Å². The van der Waals surface area contributed by atoms with Crippen molar-refractivity contribution in [1.82, 2.24) is 15.0 Å². The van der Waals surface area contributed by atoms with Gasteiger partial charge >= 0.3 is 0 Å². The SMILES string of the molecule is c1cnc2cc(-c3cnccn3)sc2c1. The molecule has 0 radical (unpaired) electrons. The van der Waals surface area contributed by atoms with Crippen molar-refractivity contribution >= 4 is 21.6 Å². The minimum absolute atomic E-state index is 0.903. The summed E-state index contributed by atoms with van der Waals surface area (Å²) >= 11 is 1.69. The van der Waals surface area contributed by atoms with Gasteiger partial charge in [0.15, 0.2) is 0 Å². The number of aromatic nitrogens is 3. The minimum atomic E-state index is 0.903. The zero-order chi connectivity index (χ0) is 10.1. The molecule has 4 heteroatoms. The first kappa shape index (κ1) is 8.49. The van der Waals surface area contributed by atoms with Gasteiger partial charge in [0.2, 0.25) is 0 Å². The molecule has 0 aromatic carbocycles. The fourth-order valence-corrected chi connectivity index (χ4v) is 2.40. The van der Waals surface area contributed by atoms with Crippen LogP contribution >= 0.6 is 11.3 Å². The fraction of sp³-hybridized carbons (Fsp3) is 0. The molecule has 3 aromatic heterocycles. The molecule has 0 bridgehead atoms. The number of pyridine rings is 1. The lowest BCUT2D eigenvalue weighted by molar-refractivity contribution is 1.21. The second-order valence-corrected chi connectivity index (χ2v) is 4.17. The van der Waals surface area contributed by atoms with E-state index in [1.54, 1.807) is 36.1 Å². The average Bonchev–Trinajstić information content (AvgIpc) is 2.74. The first-order chi connectivity index (χ1) is 7.43. The highest BCUT2D eigenvalue weighted by molar-refractivity contribution is 7.22. The van der Waals surface area contributed by atoms with Crippen molar-refractivity contribution in [3.05, 3.63) is 43.0 Å². The van der Waals surface area contributed by atoms with Gasteiger partial charge in [-0.15, -0.1) is 11.3 Å². The molecule has 0 amide bonds. The van der Waals surface area contributed by atoms with E-state index in [0.717, 1.165) is 16.1 Å². The van der Waals surface area contributed by atoms with Crippen LogP contribution in [0.25, 0.3) is 20.8 Å². The summed E-state index contributed by atoms with van der Waals surface area (Å²) in [6.45, 7) is 0. The summed E-state index contributed by atoms with van der Waals surface area (Å²) < 4.78 is 1.18. The van der Waals surface area contributed by atoms with Gasteiger partial charge in [0.1, 0.15) is 0 Å². The first-order valence-corrected chi connectivity index (χ1v) is 5.36. The van der Waals surface area contributed by atoms with E-state index < -0.39 is 0 Å². The molecule has 0 aliphatic rings. The average molecular weight is 213 g/mol. The maximum atomic E-state index is 4.29. The Labute approximate surface area is 90.5 Å². The molecule has 72 valence electrons. The monoisotopic (exact) mass is 213 g/mol. The topological polar surface area (TPSA) is 38.7 Å². The normalized spacial score (nSPS) is 10.7. The molecule has 0 aliphatic carbocycles. The number of fused-ring (bicyclic) bond motifs is 1. The van der Waals surface area contributed by atoms with Gasteiger partial charge in [0.25, 0.3) is 0 Å². The third-order valence-electron chi connectivity index (χ3n) is 2.10. The summed E-state index contributed by atoms with van der Waals surface area (Å²) in [6.07, 6.45) is 6.95. The molecule has 3 aromatic rings. The summed E-state index contributed by atoms with van der Waals surface area (Å²) in [5, 5.41) is 0. The fourth-order valence-electron chi connectivity index (χ4n) is 1.42. The van der Waals surface area contributed by atoms with Gasteiger partial charge in [-0.05, 0) is 18.2 Å². The van der Waals surface area contributed by atoms with Crippen LogP contribution in [0.15, 0.2) is 43.0 Å². The highest BCUT2D eigenvalue weighted by Crippen LogP contribution is 2.30. The predicted molar refractivity (Wildman–Crippen MR) is 60.6 cm³/mol. The van der Waals surface area contributed by atoms with Crippen LogP contribution in [-0.4, -0.2) is 15.0 Å². The van der Waals surface area contributed by atoms with Crippen LogP contribution in [0.4, 0.5) is 0 Å². The lowest BCUT2D eigenvalue weighted by atomic mass is 10.3. The molecule has 0 fully saturated rings. The zero-order valence-corrected chi connectivity index (χ0v) is 8.61. The molecule has 0 saturated heterocycles. The van der Waals surface area contributed by atoms with E-state index in [0.29, 0.717) is 0 Å². The largest absolute Gasteiger partial charge is 0.261 e. The van der Waals surface area contributed by atoms with Crippen LogP contribution in [0.2, 0.25) is 0 Å². The van der Waals surface area contributed by atoms with Crippen LogP contribution < -0.4 is 0 Å². The summed E-state index contributed by atoms with van der Waals surface area (Å²) in [5.41, 5.74) is 1.92. The van der Waals surface area contributed by atoms with Crippen LogP contribution in [0, 0.1) is 0 Å². The third kappa shape index (κ3) is 1.49. The first-order valence-electron chi connectivity index (χ1n) is 4.54. The van der Waals surface area contributed by atoms with Crippen LogP contribution in [0.3, 0.4) is 0 Å².